The van der Waals surface area contributed by atoms with Crippen LogP contribution in [0.2, 0.25) is 10.0 Å². The van der Waals surface area contributed by atoms with Gasteiger partial charge in [-0.1, -0.05) is 53.5 Å². The second-order valence-electron chi connectivity index (χ2n) is 4.23. The lowest BCUT2D eigenvalue weighted by Crippen LogP contribution is -2.26. The maximum Gasteiger partial charge on any atom is 0.253 e. The monoisotopic (exact) mass is 293 g/mol. The van der Waals surface area contributed by atoms with E-state index in [4.69, 9.17) is 23.2 Å². The van der Waals surface area contributed by atoms with Crippen LogP contribution in [0.5, 0.6) is 0 Å². The molecule has 2 nitrogen and oxygen atoms in total. The summed E-state index contributed by atoms with van der Waals surface area (Å²) in [7, 11) is 0. The molecular formula is C15H13Cl2NO. The normalized spacial score (nSPS) is 11.9. The quantitative estimate of drug-likeness (QED) is 0.888. The van der Waals surface area contributed by atoms with Gasteiger partial charge in [0.15, 0.2) is 0 Å². The van der Waals surface area contributed by atoms with Crippen LogP contribution in [0.4, 0.5) is 0 Å². The lowest BCUT2D eigenvalue weighted by atomic mass is 10.1. The third-order valence-corrected chi connectivity index (χ3v) is 3.37. The number of nitrogens with one attached hydrogen (secondary N) is 1. The van der Waals surface area contributed by atoms with E-state index >= 15 is 0 Å². The van der Waals surface area contributed by atoms with Crippen molar-refractivity contribution in [3.63, 3.8) is 0 Å². The zero-order valence-electron chi connectivity index (χ0n) is 10.4. The molecule has 1 atom stereocenters. The Kier molecular flexibility index (Phi) is 4.46. The minimum Gasteiger partial charge on any atom is -0.345 e. The van der Waals surface area contributed by atoms with E-state index in [2.05, 4.69) is 5.32 Å². The number of halogens is 2. The van der Waals surface area contributed by atoms with Gasteiger partial charge in [0.1, 0.15) is 0 Å². The Morgan fingerprint density at radius 3 is 2.42 bits per heavy atom. The zero-order valence-corrected chi connectivity index (χ0v) is 11.9. The molecule has 4 heteroatoms. The fraction of sp³-hybridized carbons (Fsp3) is 0.133. The van der Waals surface area contributed by atoms with Gasteiger partial charge in [-0.05, 0) is 30.7 Å². The van der Waals surface area contributed by atoms with Crippen molar-refractivity contribution >= 4 is 29.1 Å². The van der Waals surface area contributed by atoms with Crippen molar-refractivity contribution in [3.05, 3.63) is 69.7 Å². The number of carbonyl (C=O) groups excluding carboxylic acids is 1. The van der Waals surface area contributed by atoms with Gasteiger partial charge in [-0.25, -0.2) is 0 Å². The van der Waals surface area contributed by atoms with Crippen molar-refractivity contribution in [2.75, 3.05) is 0 Å². The molecular weight excluding hydrogens is 281 g/mol. The maximum absolute atomic E-state index is 12.1. The molecule has 0 aromatic heterocycles. The molecule has 0 aliphatic heterocycles. The van der Waals surface area contributed by atoms with Crippen LogP contribution in [-0.4, -0.2) is 5.91 Å². The van der Waals surface area contributed by atoms with Crippen molar-refractivity contribution in [3.8, 4) is 0 Å². The highest BCUT2D eigenvalue weighted by molar-refractivity contribution is 6.36. The van der Waals surface area contributed by atoms with Crippen molar-refractivity contribution in [1.82, 2.24) is 5.32 Å². The van der Waals surface area contributed by atoms with Crippen LogP contribution in [0.1, 0.15) is 28.9 Å². The number of amides is 1. The van der Waals surface area contributed by atoms with Crippen molar-refractivity contribution < 1.29 is 4.79 Å². The van der Waals surface area contributed by atoms with Crippen LogP contribution >= 0.6 is 23.2 Å². The molecule has 0 radical (unpaired) electrons. The largest absolute Gasteiger partial charge is 0.345 e. The van der Waals surface area contributed by atoms with Crippen LogP contribution in [0, 0.1) is 0 Å². The number of rotatable bonds is 3. The van der Waals surface area contributed by atoms with E-state index in [9.17, 15) is 4.79 Å². The van der Waals surface area contributed by atoms with E-state index in [0.717, 1.165) is 5.56 Å². The number of hydrogen-bond acceptors (Lipinski definition) is 1. The summed E-state index contributed by atoms with van der Waals surface area (Å²) in [4.78, 5) is 12.1. The van der Waals surface area contributed by atoms with E-state index < -0.39 is 0 Å². The minimum absolute atomic E-state index is 0.0829. The van der Waals surface area contributed by atoms with Crippen LogP contribution in [0.25, 0.3) is 0 Å². The molecule has 2 aromatic rings. The Bertz CT molecular complexity index is 584. The summed E-state index contributed by atoms with van der Waals surface area (Å²) in [6.07, 6.45) is 0. The lowest BCUT2D eigenvalue weighted by Gasteiger charge is -2.15. The number of carbonyl (C=O) groups is 1. The third kappa shape index (κ3) is 3.49. The van der Waals surface area contributed by atoms with Gasteiger partial charge >= 0.3 is 0 Å². The van der Waals surface area contributed by atoms with Gasteiger partial charge < -0.3 is 5.32 Å². The van der Waals surface area contributed by atoms with Crippen LogP contribution in [0.3, 0.4) is 0 Å². The molecule has 0 saturated carbocycles. The fourth-order valence-corrected chi connectivity index (χ4v) is 2.27. The van der Waals surface area contributed by atoms with E-state index in [-0.39, 0.29) is 11.9 Å². The molecule has 0 bridgehead atoms. The molecule has 0 heterocycles. The predicted octanol–water partition coefficient (Wildman–Crippen LogP) is 4.48. The highest BCUT2D eigenvalue weighted by atomic mass is 35.5. The molecule has 1 amide bonds. The SMILES string of the molecule is CC(NC(=O)c1ccc(Cl)cc1Cl)c1ccccc1. The molecule has 0 fully saturated rings. The summed E-state index contributed by atoms with van der Waals surface area (Å²) in [6, 6.07) is 14.5. The average Bonchev–Trinajstić information content (AvgIpc) is 2.39. The third-order valence-electron chi connectivity index (χ3n) is 2.82. The standard InChI is InChI=1S/C15H13Cl2NO/c1-10(11-5-3-2-4-6-11)18-15(19)13-8-7-12(16)9-14(13)17/h2-10H,1H3,(H,18,19). The first-order valence-corrected chi connectivity index (χ1v) is 6.64. The Labute approximate surface area is 122 Å². The molecule has 98 valence electrons. The first kappa shape index (κ1) is 13.9. The minimum atomic E-state index is -0.210. The van der Waals surface area contributed by atoms with Gasteiger partial charge in [0.05, 0.1) is 16.6 Å². The molecule has 19 heavy (non-hydrogen) atoms. The van der Waals surface area contributed by atoms with Crippen LogP contribution < -0.4 is 5.32 Å². The van der Waals surface area contributed by atoms with Crippen LogP contribution in [-0.2, 0) is 0 Å². The Hall–Kier alpha value is -1.51. The summed E-state index contributed by atoms with van der Waals surface area (Å²) >= 11 is 11.8. The van der Waals surface area contributed by atoms with Crippen molar-refractivity contribution in [1.29, 1.82) is 0 Å². The lowest BCUT2D eigenvalue weighted by molar-refractivity contribution is 0.0940. The smallest absolute Gasteiger partial charge is 0.253 e. The first-order valence-electron chi connectivity index (χ1n) is 5.89. The molecule has 0 saturated heterocycles. The molecule has 1 N–H and O–H groups in total. The van der Waals surface area contributed by atoms with E-state index in [1.54, 1.807) is 18.2 Å². The highest BCUT2D eigenvalue weighted by Gasteiger charge is 2.14. The van der Waals surface area contributed by atoms with Gasteiger partial charge in [-0.15, -0.1) is 0 Å². The van der Waals surface area contributed by atoms with Crippen molar-refractivity contribution in [2.45, 2.75) is 13.0 Å². The van der Waals surface area contributed by atoms with E-state index in [1.807, 2.05) is 37.3 Å². The zero-order chi connectivity index (χ0) is 13.8. The van der Waals surface area contributed by atoms with Gasteiger partial charge in [0, 0.05) is 5.02 Å². The Morgan fingerprint density at radius 1 is 1.11 bits per heavy atom. The molecule has 0 aliphatic carbocycles. The summed E-state index contributed by atoms with van der Waals surface area (Å²) in [5.41, 5.74) is 1.47. The second-order valence-corrected chi connectivity index (χ2v) is 5.07. The van der Waals surface area contributed by atoms with Crippen molar-refractivity contribution in [2.24, 2.45) is 0 Å². The highest BCUT2D eigenvalue weighted by Crippen LogP contribution is 2.22. The van der Waals surface area contributed by atoms with Crippen LogP contribution in [0.15, 0.2) is 48.5 Å². The summed E-state index contributed by atoms with van der Waals surface area (Å²) in [6.45, 7) is 1.93. The van der Waals surface area contributed by atoms with E-state index in [1.165, 1.54) is 0 Å². The Balaban J connectivity index is 2.13. The maximum atomic E-state index is 12.1. The van der Waals surface area contributed by atoms with Gasteiger partial charge in [0.2, 0.25) is 0 Å². The van der Waals surface area contributed by atoms with Gasteiger partial charge in [-0.3, -0.25) is 4.79 Å². The molecule has 2 rings (SSSR count). The van der Waals surface area contributed by atoms with Gasteiger partial charge in [0.25, 0.3) is 5.91 Å². The summed E-state index contributed by atoms with van der Waals surface area (Å²) in [5, 5.41) is 3.77. The molecule has 1 unspecified atom stereocenters. The first-order chi connectivity index (χ1) is 9.08. The van der Waals surface area contributed by atoms with Gasteiger partial charge in [-0.2, -0.15) is 0 Å². The summed E-state index contributed by atoms with van der Waals surface area (Å²) < 4.78 is 0. The van der Waals surface area contributed by atoms with E-state index in [0.29, 0.717) is 15.6 Å². The topological polar surface area (TPSA) is 29.1 Å². The fourth-order valence-electron chi connectivity index (χ4n) is 1.77. The molecule has 0 aliphatic rings. The predicted molar refractivity (Wildman–Crippen MR) is 78.8 cm³/mol. The Morgan fingerprint density at radius 2 is 1.79 bits per heavy atom. The molecule has 2 aromatic carbocycles. The number of benzene rings is 2. The average molecular weight is 294 g/mol. The second kappa shape index (κ2) is 6.09. The number of hydrogen-bond donors (Lipinski definition) is 1. The summed E-state index contributed by atoms with van der Waals surface area (Å²) in [5.74, 6) is -0.210. The molecule has 0 spiro atoms.